The summed E-state index contributed by atoms with van der Waals surface area (Å²) in [5.74, 6) is 0.0721. The number of aliphatic hydroxyl groups excluding tert-OH is 1. The summed E-state index contributed by atoms with van der Waals surface area (Å²) in [6.45, 7) is 1.95. The summed E-state index contributed by atoms with van der Waals surface area (Å²) in [7, 11) is 1.54. The highest BCUT2D eigenvalue weighted by molar-refractivity contribution is 6.02. The Balaban J connectivity index is 1.89. The Kier molecular flexibility index (Phi) is 4.44. The smallest absolute Gasteiger partial charge is 0.257 e. The number of nitrogens with one attached hydrogen (secondary N) is 1. The van der Waals surface area contributed by atoms with Crippen molar-refractivity contribution in [3.63, 3.8) is 0 Å². The molecule has 0 spiro atoms. The highest BCUT2D eigenvalue weighted by Crippen LogP contribution is 2.25. The van der Waals surface area contributed by atoms with Crippen LogP contribution in [0.5, 0.6) is 5.75 Å². The second-order valence-electron chi connectivity index (χ2n) is 5.56. The number of nitrogens with zero attached hydrogens (tertiary/aromatic N) is 1. The van der Waals surface area contributed by atoms with E-state index in [-0.39, 0.29) is 0 Å². The van der Waals surface area contributed by atoms with Gasteiger partial charge in [-0.05, 0) is 48.4 Å². The molecule has 0 saturated carbocycles. The lowest BCUT2D eigenvalue weighted by Gasteiger charge is -2.14. The van der Waals surface area contributed by atoms with Gasteiger partial charge in [-0.2, -0.15) is 0 Å². The van der Waals surface area contributed by atoms with Crippen LogP contribution in [-0.2, 0) is 4.79 Å². The highest BCUT2D eigenvalue weighted by Gasteiger charge is 2.19. The third-order valence-corrected chi connectivity index (χ3v) is 3.76. The fourth-order valence-electron chi connectivity index (χ4n) is 2.60. The lowest BCUT2D eigenvalue weighted by Crippen LogP contribution is -2.21. The fourth-order valence-corrected chi connectivity index (χ4v) is 2.60. The number of carbonyl (C=O) groups is 1. The van der Waals surface area contributed by atoms with Crippen LogP contribution >= 0.6 is 0 Å². The first kappa shape index (κ1) is 16.0. The van der Waals surface area contributed by atoms with Gasteiger partial charge in [0.05, 0.1) is 18.3 Å². The summed E-state index contributed by atoms with van der Waals surface area (Å²) in [6, 6.07) is 14.4. The topological polar surface area (TPSA) is 71.5 Å². The minimum atomic E-state index is -1.29. The zero-order valence-electron chi connectivity index (χ0n) is 13.5. The lowest BCUT2D eigenvalue weighted by molar-refractivity contribution is -0.124. The van der Waals surface area contributed by atoms with E-state index in [9.17, 15) is 9.90 Å². The molecule has 0 radical (unpaired) electrons. The zero-order chi connectivity index (χ0) is 17.1. The van der Waals surface area contributed by atoms with Crippen LogP contribution in [0.4, 0.5) is 5.69 Å². The molecule has 2 aromatic carbocycles. The van der Waals surface area contributed by atoms with Gasteiger partial charge in [0.25, 0.3) is 5.91 Å². The van der Waals surface area contributed by atoms with E-state index in [4.69, 9.17) is 4.74 Å². The average Bonchev–Trinajstić information content (AvgIpc) is 2.61. The second kappa shape index (κ2) is 6.68. The van der Waals surface area contributed by atoms with E-state index >= 15 is 0 Å². The van der Waals surface area contributed by atoms with Gasteiger partial charge in [0, 0.05) is 11.6 Å². The molecule has 24 heavy (non-hydrogen) atoms. The molecule has 122 valence electrons. The number of ether oxygens (including phenoxy) is 1. The van der Waals surface area contributed by atoms with Gasteiger partial charge >= 0.3 is 0 Å². The standard InChI is InChI=1S/C19H18N2O3/c1-12-9-13-6-4-8-20-17(13)16(10-12)21-19(23)18(22)14-5-3-7-15(11-14)24-2/h3-11,18,22H,1-2H3,(H,21,23). The van der Waals surface area contributed by atoms with Crippen LogP contribution in [0.2, 0.25) is 0 Å². The molecule has 1 atom stereocenters. The Morgan fingerprint density at radius 3 is 2.83 bits per heavy atom. The van der Waals surface area contributed by atoms with Gasteiger partial charge in [0.15, 0.2) is 6.10 Å². The largest absolute Gasteiger partial charge is 0.497 e. The molecule has 0 fully saturated rings. The van der Waals surface area contributed by atoms with Gasteiger partial charge in [0.2, 0.25) is 0 Å². The van der Waals surface area contributed by atoms with Gasteiger partial charge in [-0.3, -0.25) is 9.78 Å². The molecule has 1 aromatic heterocycles. The van der Waals surface area contributed by atoms with Gasteiger partial charge < -0.3 is 15.2 Å². The SMILES string of the molecule is COc1cccc(C(O)C(=O)Nc2cc(C)cc3cccnc23)c1. The number of anilines is 1. The summed E-state index contributed by atoms with van der Waals surface area (Å²) in [5.41, 5.74) is 2.74. The van der Waals surface area contributed by atoms with Crippen molar-refractivity contribution in [3.8, 4) is 5.75 Å². The molecule has 5 nitrogen and oxygen atoms in total. The molecule has 0 saturated heterocycles. The van der Waals surface area contributed by atoms with E-state index in [0.29, 0.717) is 22.5 Å². The average molecular weight is 322 g/mol. The van der Waals surface area contributed by atoms with Crippen molar-refractivity contribution < 1.29 is 14.6 Å². The molecule has 0 aliphatic carbocycles. The lowest BCUT2D eigenvalue weighted by atomic mass is 10.1. The molecule has 2 N–H and O–H groups in total. The summed E-state index contributed by atoms with van der Waals surface area (Å²) in [5, 5.41) is 14.0. The number of aromatic nitrogens is 1. The normalized spacial score (nSPS) is 12.0. The fraction of sp³-hybridized carbons (Fsp3) is 0.158. The van der Waals surface area contributed by atoms with Crippen LogP contribution in [0.25, 0.3) is 10.9 Å². The number of aryl methyl sites for hydroxylation is 1. The predicted octanol–water partition coefficient (Wildman–Crippen LogP) is 3.22. The van der Waals surface area contributed by atoms with Crippen LogP contribution in [0, 0.1) is 6.92 Å². The molecule has 1 unspecified atom stereocenters. The Morgan fingerprint density at radius 2 is 2.04 bits per heavy atom. The molecule has 3 rings (SSSR count). The van der Waals surface area contributed by atoms with Crippen molar-refractivity contribution in [3.05, 3.63) is 65.9 Å². The number of benzene rings is 2. The van der Waals surface area contributed by atoms with Gasteiger partial charge in [-0.15, -0.1) is 0 Å². The van der Waals surface area contributed by atoms with E-state index in [1.165, 1.54) is 7.11 Å². The Morgan fingerprint density at radius 1 is 1.21 bits per heavy atom. The summed E-state index contributed by atoms with van der Waals surface area (Å²) < 4.78 is 5.12. The van der Waals surface area contributed by atoms with E-state index in [1.54, 1.807) is 30.5 Å². The van der Waals surface area contributed by atoms with Crippen molar-refractivity contribution in [1.29, 1.82) is 0 Å². The van der Waals surface area contributed by atoms with E-state index in [1.807, 2.05) is 31.2 Å². The van der Waals surface area contributed by atoms with E-state index < -0.39 is 12.0 Å². The third kappa shape index (κ3) is 3.21. The maximum absolute atomic E-state index is 12.4. The minimum absolute atomic E-state index is 0.469. The Hall–Kier alpha value is -2.92. The molecule has 0 bridgehead atoms. The third-order valence-electron chi connectivity index (χ3n) is 3.76. The van der Waals surface area contributed by atoms with Crippen molar-refractivity contribution in [2.24, 2.45) is 0 Å². The molecule has 0 aliphatic rings. The number of carbonyl (C=O) groups excluding carboxylic acids is 1. The van der Waals surface area contributed by atoms with E-state index in [2.05, 4.69) is 10.3 Å². The maximum atomic E-state index is 12.4. The van der Waals surface area contributed by atoms with E-state index in [0.717, 1.165) is 10.9 Å². The van der Waals surface area contributed by atoms with Crippen molar-refractivity contribution in [2.75, 3.05) is 12.4 Å². The summed E-state index contributed by atoms with van der Waals surface area (Å²) in [6.07, 6.45) is 0.380. The summed E-state index contributed by atoms with van der Waals surface area (Å²) >= 11 is 0. The quantitative estimate of drug-likeness (QED) is 0.773. The number of methoxy groups -OCH3 is 1. The molecule has 3 aromatic rings. The van der Waals surface area contributed by atoms with Crippen LogP contribution < -0.4 is 10.1 Å². The number of hydrogen-bond acceptors (Lipinski definition) is 4. The molecular weight excluding hydrogens is 304 g/mol. The number of hydrogen-bond donors (Lipinski definition) is 2. The number of pyridine rings is 1. The molecule has 5 heteroatoms. The first-order valence-corrected chi connectivity index (χ1v) is 7.57. The summed E-state index contributed by atoms with van der Waals surface area (Å²) in [4.78, 5) is 16.8. The Bertz CT molecular complexity index is 893. The first-order chi connectivity index (χ1) is 11.6. The van der Waals surface area contributed by atoms with Crippen molar-refractivity contribution in [1.82, 2.24) is 4.98 Å². The van der Waals surface area contributed by atoms with Crippen LogP contribution in [0.15, 0.2) is 54.7 Å². The van der Waals surface area contributed by atoms with Crippen LogP contribution in [-0.4, -0.2) is 23.1 Å². The maximum Gasteiger partial charge on any atom is 0.257 e. The molecule has 1 amide bonds. The predicted molar refractivity (Wildman–Crippen MR) is 93.1 cm³/mol. The van der Waals surface area contributed by atoms with Gasteiger partial charge in [-0.1, -0.05) is 18.2 Å². The molecule has 1 heterocycles. The van der Waals surface area contributed by atoms with Gasteiger partial charge in [-0.25, -0.2) is 0 Å². The van der Waals surface area contributed by atoms with Crippen molar-refractivity contribution >= 4 is 22.5 Å². The van der Waals surface area contributed by atoms with Crippen LogP contribution in [0.1, 0.15) is 17.2 Å². The minimum Gasteiger partial charge on any atom is -0.497 e. The highest BCUT2D eigenvalue weighted by atomic mass is 16.5. The van der Waals surface area contributed by atoms with Gasteiger partial charge in [0.1, 0.15) is 5.75 Å². The number of amides is 1. The number of fused-ring (bicyclic) bond motifs is 1. The number of rotatable bonds is 4. The van der Waals surface area contributed by atoms with Crippen LogP contribution in [0.3, 0.4) is 0 Å². The number of aliphatic hydroxyl groups is 1. The monoisotopic (exact) mass is 322 g/mol. The Labute approximate surface area is 139 Å². The molecule has 0 aliphatic heterocycles. The van der Waals surface area contributed by atoms with Crippen molar-refractivity contribution in [2.45, 2.75) is 13.0 Å². The second-order valence-corrected chi connectivity index (χ2v) is 5.56. The first-order valence-electron chi connectivity index (χ1n) is 7.57. The molecular formula is C19H18N2O3. The zero-order valence-corrected chi connectivity index (χ0v) is 13.5.